The number of nitriles is 1. The lowest BCUT2D eigenvalue weighted by atomic mass is 9.57. The van der Waals surface area contributed by atoms with Crippen LogP contribution in [-0.4, -0.2) is 26.4 Å². The molecular weight excluding hydrogens is 338 g/mol. The number of nitrogens with zero attached hydrogens (tertiary/aromatic N) is 3. The SMILES string of the molecule is C[C@@H]1C(O)=C(C#N)C[C@]2(C)c3nc(CCO)n(-c4ccccc4)c3CCC12. The third-order valence-corrected chi connectivity index (χ3v) is 6.47. The van der Waals surface area contributed by atoms with Gasteiger partial charge in [-0.05, 0) is 37.3 Å². The van der Waals surface area contributed by atoms with Gasteiger partial charge >= 0.3 is 0 Å². The van der Waals surface area contributed by atoms with Gasteiger partial charge in [-0.25, -0.2) is 4.98 Å². The number of rotatable bonds is 3. The maximum atomic E-state index is 10.5. The molecule has 0 saturated heterocycles. The fourth-order valence-corrected chi connectivity index (χ4v) is 5.17. The first-order valence-electron chi connectivity index (χ1n) is 9.60. The van der Waals surface area contributed by atoms with Crippen LogP contribution in [0.4, 0.5) is 0 Å². The van der Waals surface area contributed by atoms with Crippen LogP contribution in [0.2, 0.25) is 0 Å². The Morgan fingerprint density at radius 2 is 2.07 bits per heavy atom. The van der Waals surface area contributed by atoms with E-state index in [9.17, 15) is 15.5 Å². The van der Waals surface area contributed by atoms with Gasteiger partial charge in [-0.3, -0.25) is 0 Å². The summed E-state index contributed by atoms with van der Waals surface area (Å²) < 4.78 is 2.18. The third-order valence-electron chi connectivity index (χ3n) is 6.47. The second-order valence-electron chi connectivity index (χ2n) is 7.97. The lowest BCUT2D eigenvalue weighted by Crippen LogP contribution is -2.44. The Hall–Kier alpha value is -2.58. The first-order valence-corrected chi connectivity index (χ1v) is 9.60. The molecular formula is C22H25N3O2. The van der Waals surface area contributed by atoms with Crippen LogP contribution < -0.4 is 0 Å². The molecule has 0 bridgehead atoms. The zero-order valence-electron chi connectivity index (χ0n) is 15.8. The van der Waals surface area contributed by atoms with Gasteiger partial charge in [0.25, 0.3) is 0 Å². The van der Waals surface area contributed by atoms with E-state index in [1.165, 1.54) is 5.69 Å². The van der Waals surface area contributed by atoms with Gasteiger partial charge in [0, 0.05) is 29.1 Å². The van der Waals surface area contributed by atoms with Gasteiger partial charge in [-0.1, -0.05) is 32.0 Å². The molecule has 0 fully saturated rings. The minimum atomic E-state index is -0.283. The second-order valence-corrected chi connectivity index (χ2v) is 7.97. The average molecular weight is 363 g/mol. The van der Waals surface area contributed by atoms with Gasteiger partial charge < -0.3 is 14.8 Å². The number of fused-ring (bicyclic) bond motifs is 3. The van der Waals surface area contributed by atoms with E-state index in [4.69, 9.17) is 4.98 Å². The number of hydrogen-bond donors (Lipinski definition) is 2. The Morgan fingerprint density at radius 3 is 2.74 bits per heavy atom. The molecule has 1 aromatic carbocycles. The van der Waals surface area contributed by atoms with Crippen LogP contribution in [0, 0.1) is 23.2 Å². The largest absolute Gasteiger partial charge is 0.511 e. The van der Waals surface area contributed by atoms with E-state index in [1.807, 2.05) is 25.1 Å². The molecule has 1 unspecified atom stereocenters. The van der Waals surface area contributed by atoms with Crippen LogP contribution in [0.1, 0.15) is 43.9 Å². The highest BCUT2D eigenvalue weighted by molar-refractivity contribution is 5.45. The van der Waals surface area contributed by atoms with E-state index in [0.29, 0.717) is 18.4 Å². The molecule has 27 heavy (non-hydrogen) atoms. The summed E-state index contributed by atoms with van der Waals surface area (Å²) in [6.07, 6.45) is 2.83. The summed E-state index contributed by atoms with van der Waals surface area (Å²) in [4.78, 5) is 4.99. The topological polar surface area (TPSA) is 82.1 Å². The zero-order valence-corrected chi connectivity index (χ0v) is 15.8. The predicted molar refractivity (Wildman–Crippen MR) is 103 cm³/mol. The van der Waals surface area contributed by atoms with Crippen LogP contribution in [0.5, 0.6) is 0 Å². The average Bonchev–Trinajstić information content (AvgIpc) is 3.05. The summed E-state index contributed by atoms with van der Waals surface area (Å²) in [5.74, 6) is 1.32. The quantitative estimate of drug-likeness (QED) is 0.873. The number of hydrogen-bond acceptors (Lipinski definition) is 4. The van der Waals surface area contributed by atoms with E-state index in [0.717, 1.165) is 30.0 Å². The van der Waals surface area contributed by atoms with Gasteiger partial charge in [0.2, 0.25) is 0 Å². The Labute approximate surface area is 159 Å². The fourth-order valence-electron chi connectivity index (χ4n) is 5.17. The summed E-state index contributed by atoms with van der Waals surface area (Å²) >= 11 is 0. The summed E-state index contributed by atoms with van der Waals surface area (Å²) in [7, 11) is 0. The molecule has 2 aromatic rings. The van der Waals surface area contributed by atoms with Crippen molar-refractivity contribution in [1.29, 1.82) is 5.26 Å². The molecule has 4 rings (SSSR count). The number of aliphatic hydroxyl groups is 2. The van der Waals surface area contributed by atoms with Crippen LogP contribution in [-0.2, 0) is 18.3 Å². The Bertz CT molecular complexity index is 938. The van der Waals surface area contributed by atoms with Crippen molar-refractivity contribution in [2.24, 2.45) is 11.8 Å². The maximum absolute atomic E-state index is 10.5. The number of allylic oxidation sites excluding steroid dienone is 2. The van der Waals surface area contributed by atoms with Crippen LogP contribution in [0.3, 0.4) is 0 Å². The second kappa shape index (κ2) is 6.54. The minimum Gasteiger partial charge on any atom is -0.511 e. The van der Waals surface area contributed by atoms with Crippen molar-refractivity contribution in [3.8, 4) is 11.8 Å². The summed E-state index contributed by atoms with van der Waals surface area (Å²) in [5.41, 5.74) is 3.45. The molecule has 2 aliphatic carbocycles. The van der Waals surface area contributed by atoms with E-state index >= 15 is 0 Å². The highest BCUT2D eigenvalue weighted by Gasteiger charge is 2.50. The molecule has 0 spiro atoms. The number of aromatic nitrogens is 2. The summed E-state index contributed by atoms with van der Waals surface area (Å²) in [6.45, 7) is 4.24. The zero-order chi connectivity index (χ0) is 19.2. The van der Waals surface area contributed by atoms with Gasteiger partial charge in [0.1, 0.15) is 11.6 Å². The molecule has 5 nitrogen and oxygen atoms in total. The number of aliphatic hydroxyl groups excluding tert-OH is 2. The monoisotopic (exact) mass is 363 g/mol. The Morgan fingerprint density at radius 1 is 1.33 bits per heavy atom. The van der Waals surface area contributed by atoms with E-state index in [1.54, 1.807) is 0 Å². The maximum Gasteiger partial charge on any atom is 0.116 e. The summed E-state index contributed by atoms with van der Waals surface area (Å²) in [6, 6.07) is 12.3. The number of benzene rings is 1. The molecule has 5 heteroatoms. The number of imidazole rings is 1. The van der Waals surface area contributed by atoms with Crippen molar-refractivity contribution in [2.45, 2.75) is 44.9 Å². The molecule has 0 amide bonds. The van der Waals surface area contributed by atoms with Crippen LogP contribution in [0.15, 0.2) is 41.7 Å². The van der Waals surface area contributed by atoms with Crippen molar-refractivity contribution in [3.05, 3.63) is 58.9 Å². The smallest absolute Gasteiger partial charge is 0.116 e. The lowest BCUT2D eigenvalue weighted by molar-refractivity contribution is 0.135. The molecule has 1 aromatic heterocycles. The van der Waals surface area contributed by atoms with Crippen LogP contribution >= 0.6 is 0 Å². The standard InChI is InChI=1S/C22H25N3O2/c1-14-17-8-9-18-21(22(17,2)12-15(13-23)20(14)27)24-19(10-11-26)25(18)16-6-4-3-5-7-16/h3-7,14,17,26-27H,8-12H2,1-2H3/t14-,17?,22-/m0/s1. The molecule has 2 N–H and O–H groups in total. The molecule has 140 valence electrons. The van der Waals surface area contributed by atoms with E-state index in [-0.39, 0.29) is 29.6 Å². The highest BCUT2D eigenvalue weighted by Crippen LogP contribution is 2.53. The van der Waals surface area contributed by atoms with Gasteiger partial charge in [0.15, 0.2) is 0 Å². The van der Waals surface area contributed by atoms with Gasteiger partial charge in [0.05, 0.1) is 23.9 Å². The van der Waals surface area contributed by atoms with Gasteiger partial charge in [-0.15, -0.1) is 0 Å². The molecule has 3 atom stereocenters. The molecule has 0 radical (unpaired) electrons. The molecule has 0 aliphatic heterocycles. The molecule has 1 heterocycles. The normalized spacial score (nSPS) is 27.0. The van der Waals surface area contributed by atoms with Crippen molar-refractivity contribution in [1.82, 2.24) is 9.55 Å². The summed E-state index contributed by atoms with van der Waals surface area (Å²) in [5, 5.41) is 29.6. The van der Waals surface area contributed by atoms with Crippen LogP contribution in [0.25, 0.3) is 5.69 Å². The van der Waals surface area contributed by atoms with E-state index in [2.05, 4.69) is 29.7 Å². The Kier molecular flexibility index (Phi) is 4.32. The van der Waals surface area contributed by atoms with Crippen molar-refractivity contribution >= 4 is 0 Å². The molecule has 2 aliphatic rings. The molecule has 0 saturated carbocycles. The van der Waals surface area contributed by atoms with Crippen molar-refractivity contribution in [3.63, 3.8) is 0 Å². The van der Waals surface area contributed by atoms with Crippen molar-refractivity contribution < 1.29 is 10.2 Å². The predicted octanol–water partition coefficient (Wildman–Crippen LogP) is 3.60. The minimum absolute atomic E-state index is 0.0450. The van der Waals surface area contributed by atoms with Gasteiger partial charge in [-0.2, -0.15) is 5.26 Å². The Balaban J connectivity index is 1.91. The highest BCUT2D eigenvalue weighted by atomic mass is 16.3. The first kappa shape index (κ1) is 17.8. The fraction of sp³-hybridized carbons (Fsp3) is 0.455. The van der Waals surface area contributed by atoms with E-state index < -0.39 is 0 Å². The lowest BCUT2D eigenvalue weighted by Gasteiger charge is -2.46. The first-order chi connectivity index (χ1) is 13.0. The van der Waals surface area contributed by atoms with Crippen molar-refractivity contribution in [2.75, 3.05) is 6.61 Å². The number of para-hydroxylation sites is 1. The third kappa shape index (κ3) is 2.59.